The van der Waals surface area contributed by atoms with Gasteiger partial charge in [-0.05, 0) is 35.9 Å². The van der Waals surface area contributed by atoms with E-state index in [1.165, 1.54) is 18.9 Å². The second-order valence-electron chi connectivity index (χ2n) is 5.07. The number of benzene rings is 2. The summed E-state index contributed by atoms with van der Waals surface area (Å²) in [6, 6.07) is 12.7. The van der Waals surface area contributed by atoms with Crippen LogP contribution in [0.25, 0.3) is 0 Å². The van der Waals surface area contributed by atoms with Crippen LogP contribution < -0.4 is 4.90 Å². The van der Waals surface area contributed by atoms with E-state index in [4.69, 9.17) is 16.3 Å². The van der Waals surface area contributed by atoms with Crippen LogP contribution >= 0.6 is 23.4 Å². The third-order valence-electron chi connectivity index (χ3n) is 3.58. The van der Waals surface area contributed by atoms with E-state index in [1.807, 2.05) is 18.2 Å². The summed E-state index contributed by atoms with van der Waals surface area (Å²) < 4.78 is 4.76. The summed E-state index contributed by atoms with van der Waals surface area (Å²) in [5.41, 5.74) is 2.15. The summed E-state index contributed by atoms with van der Waals surface area (Å²) in [5, 5.41) is 0.655. The van der Waals surface area contributed by atoms with Gasteiger partial charge in [0, 0.05) is 9.92 Å². The maximum atomic E-state index is 12.3. The van der Waals surface area contributed by atoms with Crippen LogP contribution in [0.4, 0.5) is 5.69 Å². The molecule has 0 aliphatic carbocycles. The number of esters is 1. The molecule has 0 fully saturated rings. The summed E-state index contributed by atoms with van der Waals surface area (Å²) in [7, 11) is 1.34. The molecule has 6 heteroatoms. The van der Waals surface area contributed by atoms with Crippen molar-refractivity contribution in [3.8, 4) is 0 Å². The van der Waals surface area contributed by atoms with Crippen molar-refractivity contribution in [3.63, 3.8) is 0 Å². The molecule has 118 valence electrons. The average Bonchev–Trinajstić information content (AvgIpc) is 2.58. The van der Waals surface area contributed by atoms with Gasteiger partial charge in [0.2, 0.25) is 5.91 Å². The Morgan fingerprint density at radius 2 is 2.00 bits per heavy atom. The van der Waals surface area contributed by atoms with Crippen LogP contribution in [-0.2, 0) is 16.1 Å². The van der Waals surface area contributed by atoms with Gasteiger partial charge in [-0.25, -0.2) is 4.79 Å². The van der Waals surface area contributed by atoms with Gasteiger partial charge in [-0.15, -0.1) is 11.8 Å². The minimum absolute atomic E-state index is 0.0134. The number of rotatable bonds is 3. The van der Waals surface area contributed by atoms with Gasteiger partial charge in [0.15, 0.2) is 0 Å². The zero-order valence-corrected chi connectivity index (χ0v) is 14.0. The van der Waals surface area contributed by atoms with Crippen molar-refractivity contribution in [2.24, 2.45) is 0 Å². The van der Waals surface area contributed by atoms with E-state index in [0.717, 1.165) is 16.1 Å². The van der Waals surface area contributed by atoms with Crippen LogP contribution in [0.2, 0.25) is 5.02 Å². The van der Waals surface area contributed by atoms with E-state index in [-0.39, 0.29) is 5.91 Å². The maximum absolute atomic E-state index is 12.3. The Morgan fingerprint density at radius 3 is 2.70 bits per heavy atom. The Labute approximate surface area is 143 Å². The fourth-order valence-electron chi connectivity index (χ4n) is 2.39. The number of amides is 1. The molecule has 2 aromatic rings. The van der Waals surface area contributed by atoms with Gasteiger partial charge in [-0.3, -0.25) is 4.79 Å². The molecule has 1 amide bonds. The van der Waals surface area contributed by atoms with Crippen LogP contribution in [-0.4, -0.2) is 24.7 Å². The molecule has 0 radical (unpaired) electrons. The van der Waals surface area contributed by atoms with Gasteiger partial charge in [0.1, 0.15) is 0 Å². The number of carbonyl (C=O) groups excluding carboxylic acids is 2. The number of carbonyl (C=O) groups is 2. The van der Waals surface area contributed by atoms with Crippen molar-refractivity contribution in [1.82, 2.24) is 0 Å². The highest BCUT2D eigenvalue weighted by atomic mass is 35.5. The smallest absolute Gasteiger partial charge is 0.337 e. The van der Waals surface area contributed by atoms with E-state index >= 15 is 0 Å². The molecule has 0 unspecified atom stereocenters. The lowest BCUT2D eigenvalue weighted by Gasteiger charge is -2.29. The number of thioether (sulfide) groups is 1. The molecule has 0 spiro atoms. The largest absolute Gasteiger partial charge is 0.465 e. The molecule has 0 bridgehead atoms. The molecule has 3 rings (SSSR count). The summed E-state index contributed by atoms with van der Waals surface area (Å²) in [4.78, 5) is 26.8. The summed E-state index contributed by atoms with van der Waals surface area (Å²) in [6.07, 6.45) is 0. The lowest BCUT2D eigenvalue weighted by molar-refractivity contribution is -0.116. The molecule has 0 N–H and O–H groups in total. The summed E-state index contributed by atoms with van der Waals surface area (Å²) in [6.45, 7) is 0.439. The second-order valence-corrected chi connectivity index (χ2v) is 6.52. The highest BCUT2D eigenvalue weighted by Gasteiger charge is 2.26. The molecule has 1 aliphatic rings. The van der Waals surface area contributed by atoms with E-state index in [9.17, 15) is 9.59 Å². The quantitative estimate of drug-likeness (QED) is 0.793. The molecular formula is C17H14ClNO3S. The number of hydrogen-bond donors (Lipinski definition) is 0. The Kier molecular flexibility index (Phi) is 4.59. The third kappa shape index (κ3) is 3.35. The number of halogens is 1. The molecule has 23 heavy (non-hydrogen) atoms. The van der Waals surface area contributed by atoms with Crippen LogP contribution in [0.1, 0.15) is 15.9 Å². The summed E-state index contributed by atoms with van der Waals surface area (Å²) >= 11 is 7.38. The molecule has 0 atom stereocenters. The Morgan fingerprint density at radius 1 is 1.26 bits per heavy atom. The number of nitrogens with zero attached hydrogens (tertiary/aromatic N) is 1. The van der Waals surface area contributed by atoms with Crippen LogP contribution in [0.15, 0.2) is 47.4 Å². The van der Waals surface area contributed by atoms with Gasteiger partial charge in [0.25, 0.3) is 0 Å². The first-order chi connectivity index (χ1) is 11.1. The monoisotopic (exact) mass is 347 g/mol. The number of anilines is 1. The first-order valence-corrected chi connectivity index (χ1v) is 8.35. The van der Waals surface area contributed by atoms with E-state index < -0.39 is 5.97 Å². The molecule has 0 aromatic heterocycles. The molecule has 2 aromatic carbocycles. The van der Waals surface area contributed by atoms with Crippen molar-refractivity contribution in [2.45, 2.75) is 11.4 Å². The highest BCUT2D eigenvalue weighted by molar-refractivity contribution is 8.00. The van der Waals surface area contributed by atoms with Crippen LogP contribution in [0, 0.1) is 0 Å². The number of ether oxygens (including phenoxy) is 1. The van der Waals surface area contributed by atoms with Crippen molar-refractivity contribution in [3.05, 3.63) is 58.6 Å². The minimum Gasteiger partial charge on any atom is -0.465 e. The van der Waals surface area contributed by atoms with Crippen molar-refractivity contribution in [1.29, 1.82) is 0 Å². The zero-order chi connectivity index (χ0) is 16.4. The molecule has 4 nitrogen and oxygen atoms in total. The molecule has 0 saturated carbocycles. The van der Waals surface area contributed by atoms with E-state index in [0.29, 0.717) is 22.9 Å². The van der Waals surface area contributed by atoms with Gasteiger partial charge in [0.05, 0.1) is 30.7 Å². The normalized spacial score (nSPS) is 13.7. The van der Waals surface area contributed by atoms with Gasteiger partial charge < -0.3 is 9.64 Å². The summed E-state index contributed by atoms with van der Waals surface area (Å²) in [5.74, 6) is -0.0141. The van der Waals surface area contributed by atoms with Crippen LogP contribution in [0.3, 0.4) is 0 Å². The fraction of sp³-hybridized carbons (Fsp3) is 0.176. The van der Waals surface area contributed by atoms with Crippen molar-refractivity contribution >= 4 is 40.9 Å². The number of hydrogen-bond acceptors (Lipinski definition) is 4. The predicted octanol–water partition coefficient (Wildman–Crippen LogP) is 3.77. The zero-order valence-electron chi connectivity index (χ0n) is 12.4. The van der Waals surface area contributed by atoms with Gasteiger partial charge in [-0.1, -0.05) is 23.7 Å². The maximum Gasteiger partial charge on any atom is 0.337 e. The Balaban J connectivity index is 1.96. The number of fused-ring (bicyclic) bond motifs is 1. The average molecular weight is 348 g/mol. The van der Waals surface area contributed by atoms with Crippen LogP contribution in [0.5, 0.6) is 0 Å². The SMILES string of the molecule is COC(=O)c1ccc2c(c1)N(Cc1ccc(Cl)cc1)C(=O)CS2. The topological polar surface area (TPSA) is 46.6 Å². The Hall–Kier alpha value is -1.98. The minimum atomic E-state index is -0.415. The second kappa shape index (κ2) is 6.64. The van der Waals surface area contributed by atoms with E-state index in [1.54, 1.807) is 29.2 Å². The third-order valence-corrected chi connectivity index (χ3v) is 4.88. The van der Waals surface area contributed by atoms with Gasteiger partial charge >= 0.3 is 5.97 Å². The highest BCUT2D eigenvalue weighted by Crippen LogP contribution is 2.37. The lowest BCUT2D eigenvalue weighted by Crippen LogP contribution is -2.35. The predicted molar refractivity (Wildman–Crippen MR) is 91.1 cm³/mol. The Bertz CT molecular complexity index is 761. The first-order valence-electron chi connectivity index (χ1n) is 6.98. The molecule has 1 aliphatic heterocycles. The standard InChI is InChI=1S/C17H14ClNO3S/c1-22-17(21)12-4-7-15-14(8-12)19(16(20)10-23-15)9-11-2-5-13(18)6-3-11/h2-8H,9-10H2,1H3. The molecular weight excluding hydrogens is 334 g/mol. The fourth-order valence-corrected chi connectivity index (χ4v) is 3.43. The van der Waals surface area contributed by atoms with Crippen molar-refractivity contribution < 1.29 is 14.3 Å². The van der Waals surface area contributed by atoms with Crippen molar-refractivity contribution in [2.75, 3.05) is 17.8 Å². The van der Waals surface area contributed by atoms with Gasteiger partial charge in [-0.2, -0.15) is 0 Å². The van der Waals surface area contributed by atoms with E-state index in [2.05, 4.69) is 0 Å². The first kappa shape index (κ1) is 15.9. The lowest BCUT2D eigenvalue weighted by atomic mass is 10.1. The molecule has 1 heterocycles. The molecule has 0 saturated heterocycles. The number of methoxy groups -OCH3 is 1.